The van der Waals surface area contributed by atoms with Crippen molar-refractivity contribution >= 4 is 23.2 Å². The molecule has 3 heterocycles. The van der Waals surface area contributed by atoms with Gasteiger partial charge in [-0.2, -0.15) is 5.10 Å². The normalized spacial score (nSPS) is 16.6. The van der Waals surface area contributed by atoms with Gasteiger partial charge >= 0.3 is 0 Å². The average Bonchev–Trinajstić information content (AvgIpc) is 3.28. The maximum absolute atomic E-state index is 9.91. The van der Waals surface area contributed by atoms with E-state index in [-0.39, 0.29) is 6.10 Å². The number of anilines is 2. The molecule has 4 aromatic rings. The van der Waals surface area contributed by atoms with Gasteiger partial charge in [0.25, 0.3) is 0 Å². The van der Waals surface area contributed by atoms with Crippen LogP contribution >= 0.6 is 0 Å². The molecular formula is C29H35N7O. The molecule has 5 N–H and O–H groups in total. The predicted octanol–water partition coefficient (Wildman–Crippen LogP) is 3.96. The molecule has 1 aliphatic rings. The van der Waals surface area contributed by atoms with E-state index in [1.54, 1.807) is 0 Å². The fourth-order valence-corrected chi connectivity index (χ4v) is 5.10. The second-order valence-electron chi connectivity index (χ2n) is 9.81. The molecular weight excluding hydrogens is 462 g/mol. The van der Waals surface area contributed by atoms with Crippen molar-refractivity contribution in [2.75, 3.05) is 31.1 Å². The van der Waals surface area contributed by atoms with E-state index in [0.29, 0.717) is 18.1 Å². The Morgan fingerprint density at radius 1 is 1.08 bits per heavy atom. The highest BCUT2D eigenvalue weighted by molar-refractivity contribution is 5.93. The number of nitrogen functional groups attached to an aromatic ring is 2. The molecule has 2 aromatic carbocycles. The SMILES string of the molecule is Nc1cc(-c2cc(CCCCN3CCC[C@@H](O)C3)n3ncnc(N)c23)ccc1C=NCc1ccccc1. The van der Waals surface area contributed by atoms with Crippen molar-refractivity contribution in [3.63, 3.8) is 0 Å². The first-order valence-electron chi connectivity index (χ1n) is 13.0. The summed E-state index contributed by atoms with van der Waals surface area (Å²) in [5.74, 6) is 0.450. The summed E-state index contributed by atoms with van der Waals surface area (Å²) >= 11 is 0. The monoisotopic (exact) mass is 497 g/mol. The number of aliphatic hydroxyl groups excluding tert-OH is 1. The lowest BCUT2D eigenvalue weighted by Gasteiger charge is -2.29. The van der Waals surface area contributed by atoms with E-state index >= 15 is 0 Å². The molecule has 0 saturated carbocycles. The third kappa shape index (κ3) is 5.98. The Balaban J connectivity index is 1.31. The zero-order valence-electron chi connectivity index (χ0n) is 21.1. The van der Waals surface area contributed by atoms with Crippen LogP contribution in [0.2, 0.25) is 0 Å². The number of aliphatic imine (C=N–C) groups is 1. The molecule has 0 unspecified atom stereocenters. The average molecular weight is 498 g/mol. The number of hydrogen-bond acceptors (Lipinski definition) is 7. The Bertz CT molecular complexity index is 1370. The minimum absolute atomic E-state index is 0.181. The van der Waals surface area contributed by atoms with E-state index in [2.05, 4.69) is 38.2 Å². The van der Waals surface area contributed by atoms with E-state index in [9.17, 15) is 5.11 Å². The molecule has 1 atom stereocenters. The van der Waals surface area contributed by atoms with Crippen molar-refractivity contribution in [2.24, 2.45) is 4.99 Å². The second kappa shape index (κ2) is 11.5. The molecule has 1 aliphatic heterocycles. The van der Waals surface area contributed by atoms with Gasteiger partial charge in [-0.05, 0) is 68.5 Å². The molecule has 0 amide bonds. The van der Waals surface area contributed by atoms with Crippen molar-refractivity contribution < 1.29 is 5.11 Å². The molecule has 8 heteroatoms. The van der Waals surface area contributed by atoms with Crippen LogP contribution in [-0.4, -0.2) is 56.6 Å². The molecule has 37 heavy (non-hydrogen) atoms. The first kappa shape index (κ1) is 24.9. The molecule has 2 aromatic heterocycles. The zero-order chi connectivity index (χ0) is 25.6. The van der Waals surface area contributed by atoms with Crippen LogP contribution in [0.5, 0.6) is 0 Å². The number of piperidine rings is 1. The number of benzene rings is 2. The van der Waals surface area contributed by atoms with Crippen LogP contribution < -0.4 is 11.5 Å². The van der Waals surface area contributed by atoms with Gasteiger partial charge in [-0.15, -0.1) is 0 Å². The molecule has 5 rings (SSSR count). The number of β-amino-alcohol motifs (C(OH)–C–C–N with tert-alkyl or cyclic N) is 1. The van der Waals surface area contributed by atoms with Gasteiger partial charge in [0.15, 0.2) is 5.82 Å². The number of likely N-dealkylation sites (tertiary alicyclic amines) is 1. The number of aliphatic hydroxyl groups is 1. The quantitative estimate of drug-likeness (QED) is 0.183. The van der Waals surface area contributed by atoms with Gasteiger partial charge < -0.3 is 21.5 Å². The number of aryl methyl sites for hydroxylation is 1. The second-order valence-corrected chi connectivity index (χ2v) is 9.81. The lowest BCUT2D eigenvalue weighted by atomic mass is 10.0. The van der Waals surface area contributed by atoms with Gasteiger partial charge in [0.05, 0.1) is 12.6 Å². The summed E-state index contributed by atoms with van der Waals surface area (Å²) in [6.45, 7) is 3.49. The fourth-order valence-electron chi connectivity index (χ4n) is 5.10. The van der Waals surface area contributed by atoms with Crippen molar-refractivity contribution in [2.45, 2.75) is 44.8 Å². The molecule has 1 saturated heterocycles. The fraction of sp³-hybridized carbons (Fsp3) is 0.345. The van der Waals surface area contributed by atoms with Crippen LogP contribution in [0, 0.1) is 0 Å². The van der Waals surface area contributed by atoms with E-state index in [1.807, 2.05) is 47.1 Å². The summed E-state index contributed by atoms with van der Waals surface area (Å²) in [5.41, 5.74) is 19.3. The standard InChI is InChI=1S/C29H35N7O/c30-27-15-22(11-12-23(27)18-32-17-21-7-2-1-3-8-21)26-16-24(36-28(26)29(31)33-20-34-36)9-4-5-13-35-14-6-10-25(37)19-35/h1-3,7-8,11-12,15-16,18,20,25,37H,4-6,9-10,13-14,17,19,30H2,(H2,31,33,34)/t25-/m1/s1. The lowest BCUT2D eigenvalue weighted by molar-refractivity contribution is 0.0699. The van der Waals surface area contributed by atoms with Crippen LogP contribution in [0.15, 0.2) is 65.9 Å². The Hall–Kier alpha value is -3.75. The van der Waals surface area contributed by atoms with Gasteiger partial charge in [0.2, 0.25) is 0 Å². The highest BCUT2D eigenvalue weighted by Crippen LogP contribution is 2.32. The molecule has 0 bridgehead atoms. The number of nitrogens with zero attached hydrogens (tertiary/aromatic N) is 5. The Labute approximate surface area is 217 Å². The maximum atomic E-state index is 9.91. The van der Waals surface area contributed by atoms with Crippen LogP contribution in [-0.2, 0) is 13.0 Å². The third-order valence-corrected chi connectivity index (χ3v) is 7.04. The molecule has 0 aliphatic carbocycles. The largest absolute Gasteiger partial charge is 0.398 e. The van der Waals surface area contributed by atoms with Gasteiger partial charge in [-0.3, -0.25) is 4.99 Å². The van der Waals surface area contributed by atoms with Crippen LogP contribution in [0.25, 0.3) is 16.6 Å². The smallest absolute Gasteiger partial charge is 0.151 e. The number of aromatic nitrogens is 3. The number of unbranched alkanes of at least 4 members (excludes halogenated alkanes) is 1. The van der Waals surface area contributed by atoms with Gasteiger partial charge in [-0.25, -0.2) is 9.50 Å². The minimum atomic E-state index is -0.181. The summed E-state index contributed by atoms with van der Waals surface area (Å²) < 4.78 is 1.91. The van der Waals surface area contributed by atoms with E-state index in [0.717, 1.165) is 85.2 Å². The molecule has 8 nitrogen and oxygen atoms in total. The van der Waals surface area contributed by atoms with Crippen LogP contribution in [0.1, 0.15) is 42.5 Å². The highest BCUT2D eigenvalue weighted by Gasteiger charge is 2.18. The van der Waals surface area contributed by atoms with Crippen molar-refractivity contribution in [3.8, 4) is 11.1 Å². The Kier molecular flexibility index (Phi) is 7.77. The maximum Gasteiger partial charge on any atom is 0.151 e. The first-order valence-corrected chi connectivity index (χ1v) is 13.0. The number of nitrogens with two attached hydrogens (primary N) is 2. The van der Waals surface area contributed by atoms with Gasteiger partial charge in [-0.1, -0.05) is 42.5 Å². The van der Waals surface area contributed by atoms with E-state index in [4.69, 9.17) is 11.5 Å². The van der Waals surface area contributed by atoms with Crippen LogP contribution in [0.3, 0.4) is 0 Å². The summed E-state index contributed by atoms with van der Waals surface area (Å²) in [6.07, 6.45) is 8.13. The molecule has 0 spiro atoms. The minimum Gasteiger partial charge on any atom is -0.398 e. The third-order valence-electron chi connectivity index (χ3n) is 7.04. The highest BCUT2D eigenvalue weighted by atomic mass is 16.3. The van der Waals surface area contributed by atoms with Crippen molar-refractivity contribution in [1.29, 1.82) is 0 Å². The molecule has 192 valence electrons. The number of fused-ring (bicyclic) bond motifs is 1. The Morgan fingerprint density at radius 3 is 2.76 bits per heavy atom. The Morgan fingerprint density at radius 2 is 1.95 bits per heavy atom. The summed E-state index contributed by atoms with van der Waals surface area (Å²) in [7, 11) is 0. The lowest BCUT2D eigenvalue weighted by Crippen LogP contribution is -2.38. The number of hydrogen-bond donors (Lipinski definition) is 3. The van der Waals surface area contributed by atoms with Crippen LogP contribution in [0.4, 0.5) is 11.5 Å². The summed E-state index contributed by atoms with van der Waals surface area (Å²) in [6, 6.07) is 18.3. The van der Waals surface area contributed by atoms with E-state index < -0.39 is 0 Å². The van der Waals surface area contributed by atoms with E-state index in [1.165, 1.54) is 6.33 Å². The van der Waals surface area contributed by atoms with Crippen molar-refractivity contribution in [1.82, 2.24) is 19.5 Å². The summed E-state index contributed by atoms with van der Waals surface area (Å²) in [5, 5.41) is 14.4. The number of rotatable bonds is 9. The predicted molar refractivity (Wildman–Crippen MR) is 150 cm³/mol. The first-order chi connectivity index (χ1) is 18.1. The molecule has 0 radical (unpaired) electrons. The molecule has 1 fully saturated rings. The zero-order valence-corrected chi connectivity index (χ0v) is 21.1. The van der Waals surface area contributed by atoms with Crippen molar-refractivity contribution in [3.05, 3.63) is 77.7 Å². The van der Waals surface area contributed by atoms with Gasteiger partial charge in [0.1, 0.15) is 11.8 Å². The topological polar surface area (TPSA) is 118 Å². The van der Waals surface area contributed by atoms with Gasteiger partial charge in [0, 0.05) is 35.3 Å². The summed E-state index contributed by atoms with van der Waals surface area (Å²) in [4.78, 5) is 11.2.